The topological polar surface area (TPSA) is 84.2 Å². The van der Waals surface area contributed by atoms with Crippen molar-refractivity contribution >= 4 is 11.9 Å². The first-order valence-corrected chi connectivity index (χ1v) is 10.4. The molecule has 0 radical (unpaired) electrons. The third-order valence-electron chi connectivity index (χ3n) is 6.04. The van der Waals surface area contributed by atoms with Crippen molar-refractivity contribution in [3.05, 3.63) is 52.3 Å². The number of carbonyl (C=O) groups is 2. The zero-order valence-electron chi connectivity index (χ0n) is 17.6. The van der Waals surface area contributed by atoms with E-state index in [1.165, 1.54) is 11.1 Å². The van der Waals surface area contributed by atoms with E-state index in [-0.39, 0.29) is 12.3 Å². The summed E-state index contributed by atoms with van der Waals surface area (Å²) in [4.78, 5) is 23.8. The zero-order valence-corrected chi connectivity index (χ0v) is 17.6. The summed E-state index contributed by atoms with van der Waals surface area (Å²) in [7, 11) is 0. The normalized spacial score (nSPS) is 15.4. The van der Waals surface area contributed by atoms with Gasteiger partial charge in [-0.15, -0.1) is 0 Å². The number of nitrogens with zero attached hydrogens (tertiary/aromatic N) is 2. The van der Waals surface area contributed by atoms with Crippen LogP contribution in [0.2, 0.25) is 0 Å². The molecule has 1 aliphatic carbocycles. The van der Waals surface area contributed by atoms with E-state index in [0.717, 1.165) is 42.6 Å². The smallest absolute Gasteiger partial charge is 0.305 e. The highest BCUT2D eigenvalue weighted by Gasteiger charge is 2.37. The second-order valence-corrected chi connectivity index (χ2v) is 8.40. The molecule has 0 aliphatic heterocycles. The van der Waals surface area contributed by atoms with Crippen molar-refractivity contribution in [3.63, 3.8) is 0 Å². The maximum atomic E-state index is 12.6. The predicted octanol–water partition coefficient (Wildman–Crippen LogP) is 3.69. The fourth-order valence-electron chi connectivity index (χ4n) is 4.40. The van der Waals surface area contributed by atoms with Crippen LogP contribution in [0.5, 0.6) is 0 Å². The maximum Gasteiger partial charge on any atom is 0.305 e. The van der Waals surface area contributed by atoms with Gasteiger partial charge in [0.25, 0.3) is 0 Å². The quantitative estimate of drug-likeness (QED) is 0.711. The SMILES string of the molecule is Cc1ccc(Cn2nc(C)c(CCC(=O)NC3(CC(=O)O)CCCC3)c2C)cc1. The highest BCUT2D eigenvalue weighted by molar-refractivity contribution is 5.78. The first kappa shape index (κ1) is 21.1. The molecule has 2 aromatic rings. The average Bonchev–Trinajstić information content (AvgIpc) is 3.19. The van der Waals surface area contributed by atoms with E-state index in [9.17, 15) is 14.7 Å². The number of carbonyl (C=O) groups excluding carboxylic acids is 1. The van der Waals surface area contributed by atoms with Gasteiger partial charge in [0.1, 0.15) is 0 Å². The largest absolute Gasteiger partial charge is 0.481 e. The minimum Gasteiger partial charge on any atom is -0.481 e. The van der Waals surface area contributed by atoms with Gasteiger partial charge in [0.05, 0.1) is 24.2 Å². The summed E-state index contributed by atoms with van der Waals surface area (Å²) in [5, 5.41) is 16.9. The highest BCUT2D eigenvalue weighted by Crippen LogP contribution is 2.32. The van der Waals surface area contributed by atoms with E-state index in [1.807, 2.05) is 18.5 Å². The summed E-state index contributed by atoms with van der Waals surface area (Å²) in [6.07, 6.45) is 4.40. The van der Waals surface area contributed by atoms with Crippen LogP contribution in [0.15, 0.2) is 24.3 Å². The lowest BCUT2D eigenvalue weighted by atomic mass is 9.92. The Morgan fingerprint density at radius 2 is 1.79 bits per heavy atom. The molecule has 2 N–H and O–H groups in total. The molecule has 1 heterocycles. The van der Waals surface area contributed by atoms with Gasteiger partial charge >= 0.3 is 5.97 Å². The maximum absolute atomic E-state index is 12.6. The number of aryl methyl sites for hydroxylation is 2. The number of hydrogen-bond acceptors (Lipinski definition) is 3. The second kappa shape index (κ2) is 8.80. The van der Waals surface area contributed by atoms with Gasteiger partial charge < -0.3 is 10.4 Å². The number of rotatable bonds is 8. The molecule has 1 aromatic carbocycles. The van der Waals surface area contributed by atoms with Crippen molar-refractivity contribution in [3.8, 4) is 0 Å². The van der Waals surface area contributed by atoms with Gasteiger partial charge in [0.2, 0.25) is 5.91 Å². The Morgan fingerprint density at radius 1 is 1.14 bits per heavy atom. The Bertz CT molecular complexity index is 878. The van der Waals surface area contributed by atoms with Gasteiger partial charge in [0, 0.05) is 12.1 Å². The van der Waals surface area contributed by atoms with Crippen molar-refractivity contribution < 1.29 is 14.7 Å². The molecule has 3 rings (SSSR count). The standard InChI is InChI=1S/C23H31N3O3/c1-16-6-8-19(9-7-16)15-26-18(3)20(17(2)25-26)10-11-21(27)24-23(14-22(28)29)12-4-5-13-23/h6-9H,4-5,10-15H2,1-3H3,(H,24,27)(H,28,29). The fourth-order valence-corrected chi connectivity index (χ4v) is 4.40. The molecule has 6 heteroatoms. The fraction of sp³-hybridized carbons (Fsp3) is 0.522. The van der Waals surface area contributed by atoms with Gasteiger partial charge in [-0.1, -0.05) is 42.7 Å². The number of carboxylic acid groups (broad SMARTS) is 1. The molecule has 1 fully saturated rings. The summed E-state index contributed by atoms with van der Waals surface area (Å²) < 4.78 is 2.00. The van der Waals surface area contributed by atoms with Crippen LogP contribution in [0.3, 0.4) is 0 Å². The van der Waals surface area contributed by atoms with Crippen molar-refractivity contribution in [1.29, 1.82) is 0 Å². The van der Waals surface area contributed by atoms with E-state index in [0.29, 0.717) is 19.4 Å². The van der Waals surface area contributed by atoms with Gasteiger partial charge in [-0.3, -0.25) is 14.3 Å². The third-order valence-corrected chi connectivity index (χ3v) is 6.04. The summed E-state index contributed by atoms with van der Waals surface area (Å²) in [5.41, 5.74) is 4.99. The van der Waals surface area contributed by atoms with Gasteiger partial charge in [-0.2, -0.15) is 5.10 Å². The van der Waals surface area contributed by atoms with E-state index in [2.05, 4.69) is 41.6 Å². The number of amides is 1. The molecule has 0 spiro atoms. The van der Waals surface area contributed by atoms with Crippen LogP contribution in [0.25, 0.3) is 0 Å². The molecule has 156 valence electrons. The van der Waals surface area contributed by atoms with E-state index in [1.54, 1.807) is 0 Å². The van der Waals surface area contributed by atoms with Crippen LogP contribution in [-0.4, -0.2) is 32.3 Å². The molecule has 6 nitrogen and oxygen atoms in total. The van der Waals surface area contributed by atoms with Gasteiger partial charge in [-0.05, 0) is 51.2 Å². The van der Waals surface area contributed by atoms with Crippen LogP contribution in [-0.2, 0) is 22.6 Å². The molecule has 1 amide bonds. The van der Waals surface area contributed by atoms with Gasteiger partial charge in [0.15, 0.2) is 0 Å². The molecule has 0 saturated heterocycles. The number of benzene rings is 1. The molecule has 1 aliphatic rings. The van der Waals surface area contributed by atoms with Crippen LogP contribution in [0, 0.1) is 20.8 Å². The second-order valence-electron chi connectivity index (χ2n) is 8.40. The van der Waals surface area contributed by atoms with Crippen LogP contribution < -0.4 is 5.32 Å². The zero-order chi connectivity index (χ0) is 21.0. The number of hydrogen-bond donors (Lipinski definition) is 2. The van der Waals surface area contributed by atoms with Crippen molar-refractivity contribution in [2.75, 3.05) is 0 Å². The minimum absolute atomic E-state index is 0.00524. The van der Waals surface area contributed by atoms with Crippen molar-refractivity contribution in [2.24, 2.45) is 0 Å². The van der Waals surface area contributed by atoms with E-state index >= 15 is 0 Å². The first-order chi connectivity index (χ1) is 13.8. The third kappa shape index (κ3) is 5.25. The highest BCUT2D eigenvalue weighted by atomic mass is 16.4. The lowest BCUT2D eigenvalue weighted by molar-refractivity contribution is -0.139. The Balaban J connectivity index is 1.63. The minimum atomic E-state index is -0.851. The molecule has 0 atom stereocenters. The monoisotopic (exact) mass is 397 g/mol. The molecule has 0 bridgehead atoms. The Hall–Kier alpha value is -2.63. The summed E-state index contributed by atoms with van der Waals surface area (Å²) in [6.45, 7) is 6.81. The first-order valence-electron chi connectivity index (χ1n) is 10.4. The molecule has 1 saturated carbocycles. The Morgan fingerprint density at radius 3 is 2.41 bits per heavy atom. The molecule has 0 unspecified atom stereocenters. The molecular weight excluding hydrogens is 366 g/mol. The number of nitrogens with one attached hydrogen (secondary N) is 1. The van der Waals surface area contributed by atoms with E-state index < -0.39 is 11.5 Å². The Labute approximate surface area is 172 Å². The van der Waals surface area contributed by atoms with Crippen molar-refractivity contribution in [2.45, 2.75) is 77.8 Å². The number of carboxylic acids is 1. The summed E-state index contributed by atoms with van der Waals surface area (Å²) in [5.74, 6) is -0.922. The van der Waals surface area contributed by atoms with Crippen LogP contribution in [0.4, 0.5) is 0 Å². The van der Waals surface area contributed by atoms with Crippen LogP contribution in [0.1, 0.15) is 66.6 Å². The van der Waals surface area contributed by atoms with Gasteiger partial charge in [-0.25, -0.2) is 0 Å². The lowest BCUT2D eigenvalue weighted by Gasteiger charge is -2.28. The molecule has 1 aromatic heterocycles. The Kier molecular flexibility index (Phi) is 6.40. The lowest BCUT2D eigenvalue weighted by Crippen LogP contribution is -2.47. The summed E-state index contributed by atoms with van der Waals surface area (Å²) >= 11 is 0. The molecular formula is C23H31N3O3. The molecule has 29 heavy (non-hydrogen) atoms. The van der Waals surface area contributed by atoms with Crippen LogP contribution >= 0.6 is 0 Å². The number of aromatic nitrogens is 2. The number of aliphatic carboxylic acids is 1. The van der Waals surface area contributed by atoms with Crippen molar-refractivity contribution in [1.82, 2.24) is 15.1 Å². The summed E-state index contributed by atoms with van der Waals surface area (Å²) in [6, 6.07) is 8.43. The predicted molar refractivity (Wildman–Crippen MR) is 112 cm³/mol. The average molecular weight is 398 g/mol. The van der Waals surface area contributed by atoms with E-state index in [4.69, 9.17) is 0 Å².